The Morgan fingerprint density at radius 3 is 2.61 bits per heavy atom. The summed E-state index contributed by atoms with van der Waals surface area (Å²) in [6.07, 6.45) is 5.72. The predicted octanol–water partition coefficient (Wildman–Crippen LogP) is 2.04. The van der Waals surface area contributed by atoms with Crippen LogP contribution in [0.5, 0.6) is 5.75 Å². The Morgan fingerprint density at radius 2 is 2.00 bits per heavy atom. The molecule has 3 nitrogen and oxygen atoms in total. The molecular weight excluding hydrogens is 228 g/mol. The first-order valence-corrected chi connectivity index (χ1v) is 6.60. The second-order valence-corrected chi connectivity index (χ2v) is 5.23. The zero-order valence-corrected chi connectivity index (χ0v) is 10.7. The van der Waals surface area contributed by atoms with Gasteiger partial charge in [0, 0.05) is 12.4 Å². The zero-order valence-electron chi connectivity index (χ0n) is 10.7. The number of aromatic hydroxyl groups is 1. The van der Waals surface area contributed by atoms with Gasteiger partial charge in [0.2, 0.25) is 0 Å². The smallest absolute Gasteiger partial charge is 0.121 e. The molecule has 1 aliphatic carbocycles. The fourth-order valence-corrected chi connectivity index (χ4v) is 2.88. The maximum atomic E-state index is 10.7. The first-order chi connectivity index (χ1) is 8.58. The largest absolute Gasteiger partial charge is 0.550 e. The summed E-state index contributed by atoms with van der Waals surface area (Å²) in [6, 6.07) is 3.57. The number of carbonyl (C=O) groups excluding carboxylic acids is 1. The van der Waals surface area contributed by atoms with Crippen molar-refractivity contribution in [3.05, 3.63) is 28.8 Å². The third-order valence-corrected chi connectivity index (χ3v) is 3.78. The lowest BCUT2D eigenvalue weighted by molar-refractivity contribution is -0.304. The quantitative estimate of drug-likeness (QED) is 0.889. The number of phenols is 1. The molecule has 18 heavy (non-hydrogen) atoms. The van der Waals surface area contributed by atoms with Gasteiger partial charge < -0.3 is 15.0 Å². The Hall–Kier alpha value is -1.51. The standard InChI is InChI=1S/C15H20O3/c1-10-7-11(9-14(16)17)8-13(15(10)18)12-5-3-2-4-6-12/h7-8,12,18H,2-6,9H2,1H3,(H,16,17)/p-1. The molecule has 0 aliphatic heterocycles. The van der Waals surface area contributed by atoms with Crippen molar-refractivity contribution in [3.8, 4) is 5.75 Å². The molecule has 1 saturated carbocycles. The van der Waals surface area contributed by atoms with Crippen LogP contribution in [-0.2, 0) is 11.2 Å². The average Bonchev–Trinajstić information content (AvgIpc) is 2.34. The van der Waals surface area contributed by atoms with Crippen LogP contribution in [0.15, 0.2) is 12.1 Å². The Labute approximate surface area is 107 Å². The summed E-state index contributed by atoms with van der Waals surface area (Å²) >= 11 is 0. The van der Waals surface area contributed by atoms with Crippen molar-refractivity contribution < 1.29 is 15.0 Å². The summed E-state index contributed by atoms with van der Waals surface area (Å²) in [6.45, 7) is 1.82. The van der Waals surface area contributed by atoms with Gasteiger partial charge in [-0.3, -0.25) is 0 Å². The molecular formula is C15H19O3-. The third-order valence-electron chi connectivity index (χ3n) is 3.78. The Balaban J connectivity index is 2.32. The van der Waals surface area contributed by atoms with Gasteiger partial charge in [-0.05, 0) is 42.4 Å². The van der Waals surface area contributed by atoms with Crippen LogP contribution in [0.3, 0.4) is 0 Å². The van der Waals surface area contributed by atoms with E-state index in [1.54, 1.807) is 6.07 Å². The maximum Gasteiger partial charge on any atom is 0.121 e. The van der Waals surface area contributed by atoms with E-state index < -0.39 is 5.97 Å². The molecule has 0 bridgehead atoms. The first-order valence-electron chi connectivity index (χ1n) is 6.60. The monoisotopic (exact) mass is 247 g/mol. The van der Waals surface area contributed by atoms with Gasteiger partial charge in [-0.15, -0.1) is 0 Å². The van der Waals surface area contributed by atoms with Crippen molar-refractivity contribution in [2.75, 3.05) is 0 Å². The SMILES string of the molecule is Cc1cc(CC(=O)[O-])cc(C2CCCCC2)c1O. The van der Waals surface area contributed by atoms with Gasteiger partial charge in [-0.1, -0.05) is 31.4 Å². The van der Waals surface area contributed by atoms with Crippen LogP contribution in [0.2, 0.25) is 0 Å². The van der Waals surface area contributed by atoms with E-state index in [2.05, 4.69) is 0 Å². The maximum absolute atomic E-state index is 10.7. The van der Waals surface area contributed by atoms with Gasteiger partial charge in [-0.25, -0.2) is 0 Å². The van der Waals surface area contributed by atoms with E-state index in [1.165, 1.54) is 19.3 Å². The molecule has 2 rings (SSSR count). The minimum atomic E-state index is -1.07. The summed E-state index contributed by atoms with van der Waals surface area (Å²) < 4.78 is 0. The number of hydrogen-bond donors (Lipinski definition) is 1. The summed E-state index contributed by atoms with van der Waals surface area (Å²) in [5.74, 6) is -0.363. The molecule has 1 aromatic rings. The number of hydrogen-bond acceptors (Lipinski definition) is 3. The van der Waals surface area contributed by atoms with Gasteiger partial charge >= 0.3 is 0 Å². The molecule has 0 heterocycles. The fourth-order valence-electron chi connectivity index (χ4n) is 2.88. The Bertz CT molecular complexity index is 445. The van der Waals surface area contributed by atoms with E-state index in [0.717, 1.165) is 29.5 Å². The molecule has 1 fully saturated rings. The molecule has 1 aromatic carbocycles. The molecule has 0 atom stereocenters. The Kier molecular flexibility index (Phi) is 3.90. The lowest BCUT2D eigenvalue weighted by Crippen LogP contribution is -2.24. The molecule has 0 unspecified atom stereocenters. The van der Waals surface area contributed by atoms with E-state index in [4.69, 9.17) is 0 Å². The van der Waals surface area contributed by atoms with Crippen molar-refractivity contribution in [1.82, 2.24) is 0 Å². The van der Waals surface area contributed by atoms with E-state index >= 15 is 0 Å². The molecule has 1 N–H and O–H groups in total. The van der Waals surface area contributed by atoms with Gasteiger partial charge in [0.1, 0.15) is 5.75 Å². The van der Waals surface area contributed by atoms with Crippen LogP contribution in [0.25, 0.3) is 0 Å². The topological polar surface area (TPSA) is 60.4 Å². The van der Waals surface area contributed by atoms with E-state index in [1.807, 2.05) is 13.0 Å². The number of carboxylic acid groups (broad SMARTS) is 1. The number of carbonyl (C=O) groups is 1. The van der Waals surface area contributed by atoms with Gasteiger partial charge in [0.05, 0.1) is 0 Å². The van der Waals surface area contributed by atoms with Crippen molar-refractivity contribution >= 4 is 5.97 Å². The molecule has 1 aliphatic rings. The number of aliphatic carboxylic acids is 1. The molecule has 0 radical (unpaired) electrons. The van der Waals surface area contributed by atoms with Crippen LogP contribution in [0.4, 0.5) is 0 Å². The van der Waals surface area contributed by atoms with Crippen molar-refractivity contribution in [2.45, 2.75) is 51.4 Å². The van der Waals surface area contributed by atoms with Crippen molar-refractivity contribution in [3.63, 3.8) is 0 Å². The molecule has 0 amide bonds. The van der Waals surface area contributed by atoms with Crippen LogP contribution in [0.1, 0.15) is 54.7 Å². The number of rotatable bonds is 3. The third kappa shape index (κ3) is 2.84. The minimum absolute atomic E-state index is 0.0825. The normalized spacial score (nSPS) is 16.7. The number of aryl methyl sites for hydroxylation is 1. The molecule has 0 saturated heterocycles. The predicted molar refractivity (Wildman–Crippen MR) is 67.4 cm³/mol. The highest BCUT2D eigenvalue weighted by Crippen LogP contribution is 2.39. The second-order valence-electron chi connectivity index (χ2n) is 5.23. The van der Waals surface area contributed by atoms with E-state index in [0.29, 0.717) is 11.7 Å². The zero-order chi connectivity index (χ0) is 13.1. The highest BCUT2D eigenvalue weighted by Gasteiger charge is 2.20. The Morgan fingerprint density at radius 1 is 1.33 bits per heavy atom. The average molecular weight is 247 g/mol. The molecule has 0 aromatic heterocycles. The lowest BCUT2D eigenvalue weighted by Gasteiger charge is -2.24. The second kappa shape index (κ2) is 5.42. The van der Waals surface area contributed by atoms with Crippen molar-refractivity contribution in [1.29, 1.82) is 0 Å². The van der Waals surface area contributed by atoms with Crippen molar-refractivity contribution in [2.24, 2.45) is 0 Å². The van der Waals surface area contributed by atoms with Crippen LogP contribution >= 0.6 is 0 Å². The lowest BCUT2D eigenvalue weighted by atomic mass is 9.82. The summed E-state index contributed by atoms with van der Waals surface area (Å²) in [5.41, 5.74) is 2.41. The molecule has 0 spiro atoms. The highest BCUT2D eigenvalue weighted by atomic mass is 16.4. The summed E-state index contributed by atoms with van der Waals surface area (Å²) in [7, 11) is 0. The summed E-state index contributed by atoms with van der Waals surface area (Å²) in [4.78, 5) is 10.7. The van der Waals surface area contributed by atoms with Gasteiger partial charge in [0.25, 0.3) is 0 Å². The minimum Gasteiger partial charge on any atom is -0.550 e. The van der Waals surface area contributed by atoms with Crippen LogP contribution in [0, 0.1) is 6.92 Å². The number of phenolic OH excluding ortho intramolecular Hbond substituents is 1. The summed E-state index contributed by atoms with van der Waals surface area (Å²) in [5, 5.41) is 20.8. The first kappa shape index (κ1) is 12.9. The van der Waals surface area contributed by atoms with Crippen LogP contribution < -0.4 is 5.11 Å². The molecule has 98 valence electrons. The molecule has 3 heteroatoms. The van der Waals surface area contributed by atoms with E-state index in [9.17, 15) is 15.0 Å². The van der Waals surface area contributed by atoms with E-state index in [-0.39, 0.29) is 6.42 Å². The fraction of sp³-hybridized carbons (Fsp3) is 0.533. The number of benzene rings is 1. The van der Waals surface area contributed by atoms with Crippen LogP contribution in [-0.4, -0.2) is 11.1 Å². The number of carboxylic acids is 1. The van der Waals surface area contributed by atoms with Gasteiger partial charge in [-0.2, -0.15) is 0 Å². The van der Waals surface area contributed by atoms with Gasteiger partial charge in [0.15, 0.2) is 0 Å². The highest BCUT2D eigenvalue weighted by molar-refractivity contribution is 5.68.